The fraction of sp³-hybridized carbons (Fsp3) is 0.208. The molecule has 0 aliphatic carbocycles. The summed E-state index contributed by atoms with van der Waals surface area (Å²) in [6.07, 6.45) is 1.66. The first-order chi connectivity index (χ1) is 14.1. The Kier molecular flexibility index (Phi) is 4.96. The molecule has 146 valence electrons. The third-order valence-electron chi connectivity index (χ3n) is 5.60. The van der Waals surface area contributed by atoms with E-state index in [1.165, 1.54) is 11.1 Å². The van der Waals surface area contributed by atoms with E-state index >= 15 is 0 Å². The molecule has 0 unspecified atom stereocenters. The Balaban J connectivity index is 1.58. The van der Waals surface area contributed by atoms with Gasteiger partial charge in [-0.1, -0.05) is 75.2 Å². The number of hydrazone groups is 1. The topological polar surface area (TPSA) is 24.8 Å². The number of benzene rings is 3. The molecule has 2 atom stereocenters. The maximum atomic E-state index is 6.45. The Labute approximate surface area is 187 Å². The van der Waals surface area contributed by atoms with E-state index < -0.39 is 0 Å². The van der Waals surface area contributed by atoms with Crippen LogP contribution in [0.1, 0.15) is 47.9 Å². The lowest BCUT2D eigenvalue weighted by Crippen LogP contribution is -2.33. The number of fused-ring (bicyclic) bond motifs is 3. The maximum Gasteiger partial charge on any atom is 0.213 e. The Hall–Kier alpha value is -2.11. The highest BCUT2D eigenvalue weighted by molar-refractivity contribution is 9.10. The van der Waals surface area contributed by atoms with Crippen molar-refractivity contribution in [3.05, 3.63) is 97.9 Å². The highest BCUT2D eigenvalue weighted by atomic mass is 79.9. The Bertz CT molecular complexity index is 1080. The lowest BCUT2D eigenvalue weighted by molar-refractivity contribution is -0.0190. The molecule has 0 amide bonds. The number of hydrogen-bond acceptors (Lipinski definition) is 3. The minimum absolute atomic E-state index is 0.158. The summed E-state index contributed by atoms with van der Waals surface area (Å²) in [5.41, 5.74) is 5.87. The van der Waals surface area contributed by atoms with E-state index in [0.29, 0.717) is 0 Å². The summed E-state index contributed by atoms with van der Waals surface area (Å²) in [6, 6.07) is 23.5. The molecular weight excluding hydrogens is 492 g/mol. The van der Waals surface area contributed by atoms with Crippen molar-refractivity contribution in [3.63, 3.8) is 0 Å². The van der Waals surface area contributed by atoms with E-state index in [0.717, 1.165) is 44.4 Å². The van der Waals surface area contributed by atoms with E-state index in [2.05, 4.69) is 104 Å². The van der Waals surface area contributed by atoms with Gasteiger partial charge in [0.25, 0.3) is 0 Å². The Morgan fingerprint density at radius 1 is 0.966 bits per heavy atom. The molecular formula is C24H20Br2N2O. The number of hydrogen-bond donors (Lipinski definition) is 0. The minimum Gasteiger partial charge on any atom is -0.464 e. The third-order valence-corrected chi connectivity index (χ3v) is 6.62. The van der Waals surface area contributed by atoms with Gasteiger partial charge in [0.05, 0.1) is 11.8 Å². The van der Waals surface area contributed by atoms with Crippen LogP contribution in [0.25, 0.3) is 0 Å². The number of aryl methyl sites for hydroxylation is 1. The van der Waals surface area contributed by atoms with Gasteiger partial charge < -0.3 is 4.74 Å². The standard InChI is InChI=1S/C24H20Br2N2O/c1-2-15-3-5-17(6-4-15)24-28-22(20-13-19(26)11-12-23(20)29-24)14-21(27-28)16-7-9-18(25)10-8-16/h3-13,22,24H,2,14H2,1H3/t22-,24-/m0/s1. The van der Waals surface area contributed by atoms with Crippen LogP contribution in [-0.4, -0.2) is 10.7 Å². The summed E-state index contributed by atoms with van der Waals surface area (Å²) in [7, 11) is 0. The Morgan fingerprint density at radius 2 is 1.69 bits per heavy atom. The van der Waals surface area contributed by atoms with Crippen molar-refractivity contribution < 1.29 is 4.74 Å². The predicted octanol–water partition coefficient (Wildman–Crippen LogP) is 7.02. The van der Waals surface area contributed by atoms with Crippen molar-refractivity contribution >= 4 is 37.6 Å². The fourth-order valence-corrected chi connectivity index (χ4v) is 4.66. The minimum atomic E-state index is -0.229. The van der Waals surface area contributed by atoms with Crippen molar-refractivity contribution in [2.45, 2.75) is 32.0 Å². The van der Waals surface area contributed by atoms with Crippen LogP contribution < -0.4 is 4.74 Å². The van der Waals surface area contributed by atoms with E-state index in [1.54, 1.807) is 0 Å². The van der Waals surface area contributed by atoms with E-state index in [1.807, 2.05) is 6.07 Å². The average Bonchev–Trinajstić information content (AvgIpc) is 3.20. The fourth-order valence-electron chi connectivity index (χ4n) is 4.01. The number of ether oxygens (including phenoxy) is 1. The molecule has 0 saturated carbocycles. The van der Waals surface area contributed by atoms with E-state index in [4.69, 9.17) is 9.84 Å². The molecule has 0 aromatic heterocycles. The van der Waals surface area contributed by atoms with E-state index in [-0.39, 0.29) is 12.3 Å². The number of halogens is 2. The van der Waals surface area contributed by atoms with Gasteiger partial charge in [-0.15, -0.1) is 0 Å². The highest BCUT2D eigenvalue weighted by Crippen LogP contribution is 2.48. The lowest BCUT2D eigenvalue weighted by atomic mass is 9.96. The first kappa shape index (κ1) is 18.9. The first-order valence-corrected chi connectivity index (χ1v) is 11.4. The highest BCUT2D eigenvalue weighted by Gasteiger charge is 2.41. The van der Waals surface area contributed by atoms with Gasteiger partial charge in [0.15, 0.2) is 0 Å². The van der Waals surface area contributed by atoms with Crippen LogP contribution in [0.3, 0.4) is 0 Å². The molecule has 5 heteroatoms. The van der Waals surface area contributed by atoms with Crippen LogP contribution >= 0.6 is 31.9 Å². The van der Waals surface area contributed by atoms with Crippen LogP contribution in [-0.2, 0) is 6.42 Å². The van der Waals surface area contributed by atoms with Gasteiger partial charge in [0.1, 0.15) is 5.75 Å². The molecule has 0 spiro atoms. The molecule has 2 heterocycles. The second kappa shape index (κ2) is 7.62. The molecule has 0 N–H and O–H groups in total. The monoisotopic (exact) mass is 510 g/mol. The molecule has 0 fully saturated rings. The molecule has 2 aliphatic rings. The normalized spacial score (nSPS) is 20.0. The lowest BCUT2D eigenvalue weighted by Gasteiger charge is -2.38. The maximum absolute atomic E-state index is 6.45. The molecule has 2 aliphatic heterocycles. The van der Waals surface area contributed by atoms with Gasteiger partial charge in [0.2, 0.25) is 6.23 Å². The van der Waals surface area contributed by atoms with Crippen LogP contribution in [0.5, 0.6) is 5.75 Å². The third kappa shape index (κ3) is 3.51. The van der Waals surface area contributed by atoms with Gasteiger partial charge >= 0.3 is 0 Å². The molecule has 0 bridgehead atoms. The van der Waals surface area contributed by atoms with Crippen molar-refractivity contribution in [2.75, 3.05) is 0 Å². The predicted molar refractivity (Wildman–Crippen MR) is 123 cm³/mol. The van der Waals surface area contributed by atoms with Crippen LogP contribution in [0.4, 0.5) is 0 Å². The van der Waals surface area contributed by atoms with Gasteiger partial charge in [-0.05, 0) is 47.9 Å². The van der Waals surface area contributed by atoms with Gasteiger partial charge in [-0.25, -0.2) is 5.01 Å². The molecule has 3 aromatic carbocycles. The zero-order valence-electron chi connectivity index (χ0n) is 16.0. The quantitative estimate of drug-likeness (QED) is 0.377. The summed E-state index contributed by atoms with van der Waals surface area (Å²) in [5.74, 6) is 0.936. The zero-order valence-corrected chi connectivity index (χ0v) is 19.2. The van der Waals surface area contributed by atoms with Crippen LogP contribution in [0, 0.1) is 0 Å². The first-order valence-electron chi connectivity index (χ1n) is 9.79. The molecule has 29 heavy (non-hydrogen) atoms. The van der Waals surface area contributed by atoms with Crippen LogP contribution in [0.2, 0.25) is 0 Å². The van der Waals surface area contributed by atoms with Gasteiger partial charge in [-0.3, -0.25) is 0 Å². The van der Waals surface area contributed by atoms with E-state index in [9.17, 15) is 0 Å². The van der Waals surface area contributed by atoms with Crippen molar-refractivity contribution in [2.24, 2.45) is 5.10 Å². The largest absolute Gasteiger partial charge is 0.464 e. The summed E-state index contributed by atoms with van der Waals surface area (Å²) >= 11 is 7.14. The Morgan fingerprint density at radius 3 is 2.41 bits per heavy atom. The van der Waals surface area contributed by atoms with Crippen molar-refractivity contribution in [3.8, 4) is 5.75 Å². The van der Waals surface area contributed by atoms with Gasteiger partial charge in [0, 0.05) is 26.5 Å². The smallest absolute Gasteiger partial charge is 0.213 e. The van der Waals surface area contributed by atoms with Crippen molar-refractivity contribution in [1.29, 1.82) is 0 Å². The average molecular weight is 512 g/mol. The summed E-state index contributed by atoms with van der Waals surface area (Å²) < 4.78 is 8.59. The van der Waals surface area contributed by atoms with Gasteiger partial charge in [-0.2, -0.15) is 5.10 Å². The molecule has 0 radical (unpaired) electrons. The number of rotatable bonds is 3. The van der Waals surface area contributed by atoms with Crippen molar-refractivity contribution in [1.82, 2.24) is 5.01 Å². The molecule has 3 aromatic rings. The SMILES string of the molecule is CCc1ccc([C@@H]2Oc3ccc(Br)cc3[C@@H]3CC(c4ccc(Br)cc4)=NN32)cc1. The summed E-state index contributed by atoms with van der Waals surface area (Å²) in [4.78, 5) is 0. The second-order valence-electron chi connectivity index (χ2n) is 7.40. The molecule has 3 nitrogen and oxygen atoms in total. The summed E-state index contributed by atoms with van der Waals surface area (Å²) in [6.45, 7) is 2.17. The second-order valence-corrected chi connectivity index (χ2v) is 9.23. The molecule has 0 saturated heterocycles. The summed E-state index contributed by atoms with van der Waals surface area (Å²) in [5, 5.41) is 7.17. The van der Waals surface area contributed by atoms with Crippen LogP contribution in [0.15, 0.2) is 80.8 Å². The zero-order chi connectivity index (χ0) is 20.0. The number of nitrogens with zero attached hydrogens (tertiary/aromatic N) is 2. The molecule has 5 rings (SSSR count).